The average Bonchev–Trinajstić information content (AvgIpc) is 2.77. The van der Waals surface area contributed by atoms with E-state index in [1.165, 1.54) is 0 Å². The van der Waals surface area contributed by atoms with Crippen molar-refractivity contribution in [2.24, 2.45) is 0 Å². The molecule has 0 aromatic heterocycles. The highest BCUT2D eigenvalue weighted by Crippen LogP contribution is 2.20. The Kier molecular flexibility index (Phi) is 4.20. The van der Waals surface area contributed by atoms with Gasteiger partial charge in [-0.1, -0.05) is 0 Å². The molecule has 1 aromatic rings. The van der Waals surface area contributed by atoms with Gasteiger partial charge in [0.1, 0.15) is 0 Å². The van der Waals surface area contributed by atoms with Crippen molar-refractivity contribution in [1.29, 1.82) is 0 Å². The molecular weight excluding hydrogens is 282 g/mol. The van der Waals surface area contributed by atoms with Crippen LogP contribution in [0, 0.1) is 0 Å². The van der Waals surface area contributed by atoms with E-state index in [4.69, 9.17) is 0 Å². The first kappa shape index (κ1) is 14.4. The van der Waals surface area contributed by atoms with E-state index in [1.807, 2.05) is 18.4 Å². The summed E-state index contributed by atoms with van der Waals surface area (Å²) >= 11 is 1.62. The van der Waals surface area contributed by atoms with E-state index in [9.17, 15) is 13.2 Å². The first-order valence-electron chi connectivity index (χ1n) is 6.04. The minimum absolute atomic E-state index is 0.0815. The molecule has 1 fully saturated rings. The van der Waals surface area contributed by atoms with Crippen molar-refractivity contribution < 1.29 is 13.2 Å². The summed E-state index contributed by atoms with van der Waals surface area (Å²) in [7, 11) is -1.29. The SMILES string of the molecule is CSc1ccc(C(=O)N(C)C2CCS(=O)(=O)C2)cc1. The minimum atomic E-state index is -2.96. The Labute approximate surface area is 118 Å². The molecule has 1 aliphatic heterocycles. The lowest BCUT2D eigenvalue weighted by molar-refractivity contribution is 0.0747. The third-order valence-corrected chi connectivity index (χ3v) is 5.91. The minimum Gasteiger partial charge on any atom is -0.338 e. The fourth-order valence-corrected chi connectivity index (χ4v) is 4.37. The second-order valence-electron chi connectivity index (χ2n) is 4.70. The van der Waals surface area contributed by atoms with E-state index in [-0.39, 0.29) is 23.5 Å². The lowest BCUT2D eigenvalue weighted by Gasteiger charge is -2.23. The average molecular weight is 299 g/mol. The maximum atomic E-state index is 12.3. The van der Waals surface area contributed by atoms with Gasteiger partial charge < -0.3 is 4.90 Å². The highest BCUT2D eigenvalue weighted by molar-refractivity contribution is 7.98. The molecule has 0 bridgehead atoms. The summed E-state index contributed by atoms with van der Waals surface area (Å²) in [4.78, 5) is 14.9. The molecule has 0 spiro atoms. The Morgan fingerprint density at radius 2 is 1.95 bits per heavy atom. The summed E-state index contributed by atoms with van der Waals surface area (Å²) in [5.41, 5.74) is 0.601. The van der Waals surface area contributed by atoms with Crippen LogP contribution in [-0.4, -0.2) is 50.1 Å². The number of benzene rings is 1. The number of nitrogens with zero attached hydrogens (tertiary/aromatic N) is 1. The number of rotatable bonds is 3. The van der Waals surface area contributed by atoms with Crippen molar-refractivity contribution in [3.05, 3.63) is 29.8 Å². The summed E-state index contributed by atoms with van der Waals surface area (Å²) < 4.78 is 22.9. The number of amides is 1. The summed E-state index contributed by atoms with van der Waals surface area (Å²) in [6, 6.07) is 7.17. The smallest absolute Gasteiger partial charge is 0.253 e. The van der Waals surface area contributed by atoms with Crippen LogP contribution < -0.4 is 0 Å². The fourth-order valence-electron chi connectivity index (χ4n) is 2.18. The van der Waals surface area contributed by atoms with Crippen molar-refractivity contribution >= 4 is 27.5 Å². The molecule has 1 atom stereocenters. The van der Waals surface area contributed by atoms with Crippen LogP contribution in [0.1, 0.15) is 16.8 Å². The van der Waals surface area contributed by atoms with Gasteiger partial charge in [-0.15, -0.1) is 11.8 Å². The Hall–Kier alpha value is -1.01. The lowest BCUT2D eigenvalue weighted by Crippen LogP contribution is -2.37. The zero-order chi connectivity index (χ0) is 14.0. The third-order valence-electron chi connectivity index (χ3n) is 3.41. The number of hydrogen-bond donors (Lipinski definition) is 0. The molecular formula is C13H17NO3S2. The monoisotopic (exact) mass is 299 g/mol. The Morgan fingerprint density at radius 3 is 2.42 bits per heavy atom. The highest BCUT2D eigenvalue weighted by atomic mass is 32.2. The van der Waals surface area contributed by atoms with Gasteiger partial charge in [0.05, 0.1) is 11.5 Å². The summed E-state index contributed by atoms with van der Waals surface area (Å²) in [6.45, 7) is 0. The van der Waals surface area contributed by atoms with E-state index in [0.29, 0.717) is 12.0 Å². The van der Waals surface area contributed by atoms with Gasteiger partial charge >= 0.3 is 0 Å². The summed E-state index contributed by atoms with van der Waals surface area (Å²) in [5, 5.41) is 0. The van der Waals surface area contributed by atoms with Gasteiger partial charge in [-0.25, -0.2) is 8.42 Å². The first-order valence-corrected chi connectivity index (χ1v) is 9.09. The van der Waals surface area contributed by atoms with Crippen LogP contribution >= 0.6 is 11.8 Å². The molecule has 1 aliphatic rings. The van der Waals surface area contributed by atoms with Gasteiger partial charge in [0.2, 0.25) is 0 Å². The standard InChI is InChI=1S/C13H17NO3S2/c1-14(11-7-8-19(16,17)9-11)13(15)10-3-5-12(18-2)6-4-10/h3-6,11H,7-9H2,1-2H3. The summed E-state index contributed by atoms with van der Waals surface area (Å²) in [5.74, 6) is 0.147. The number of thioether (sulfide) groups is 1. The maximum absolute atomic E-state index is 12.3. The summed E-state index contributed by atoms with van der Waals surface area (Å²) in [6.07, 6.45) is 2.51. The van der Waals surface area contributed by atoms with Crippen molar-refractivity contribution in [2.75, 3.05) is 24.8 Å². The van der Waals surface area contributed by atoms with Gasteiger partial charge in [0.25, 0.3) is 5.91 Å². The number of carbonyl (C=O) groups is 1. The van der Waals surface area contributed by atoms with Crippen molar-refractivity contribution in [1.82, 2.24) is 4.90 Å². The maximum Gasteiger partial charge on any atom is 0.253 e. The van der Waals surface area contributed by atoms with E-state index in [0.717, 1.165) is 4.90 Å². The first-order chi connectivity index (χ1) is 8.93. The van der Waals surface area contributed by atoms with Crippen molar-refractivity contribution in [2.45, 2.75) is 17.4 Å². The molecule has 0 radical (unpaired) electrons. The van der Waals surface area contributed by atoms with E-state index < -0.39 is 9.84 Å². The molecule has 104 valence electrons. The largest absolute Gasteiger partial charge is 0.338 e. The van der Waals surface area contributed by atoms with Crippen LogP contribution in [0.5, 0.6) is 0 Å². The molecule has 0 N–H and O–H groups in total. The van der Waals surface area contributed by atoms with Gasteiger partial charge in [-0.2, -0.15) is 0 Å². The second kappa shape index (κ2) is 5.54. The van der Waals surface area contributed by atoms with Crippen LogP contribution in [0.3, 0.4) is 0 Å². The highest BCUT2D eigenvalue weighted by Gasteiger charge is 2.32. The predicted molar refractivity (Wildman–Crippen MR) is 77.4 cm³/mol. The normalized spacial score (nSPS) is 21.3. The molecule has 19 heavy (non-hydrogen) atoms. The Balaban J connectivity index is 2.10. The number of sulfone groups is 1. The van der Waals surface area contributed by atoms with E-state index in [2.05, 4.69) is 0 Å². The fraction of sp³-hybridized carbons (Fsp3) is 0.462. The zero-order valence-corrected chi connectivity index (χ0v) is 12.6. The topological polar surface area (TPSA) is 54.5 Å². The van der Waals surface area contributed by atoms with Crippen molar-refractivity contribution in [3.8, 4) is 0 Å². The molecule has 2 rings (SSSR count). The van der Waals surface area contributed by atoms with Crippen LogP contribution in [0.15, 0.2) is 29.2 Å². The quantitative estimate of drug-likeness (QED) is 0.797. The predicted octanol–water partition coefficient (Wildman–Crippen LogP) is 1.67. The zero-order valence-electron chi connectivity index (χ0n) is 11.0. The molecule has 1 saturated heterocycles. The number of hydrogen-bond acceptors (Lipinski definition) is 4. The lowest BCUT2D eigenvalue weighted by atomic mass is 10.1. The van der Waals surface area contributed by atoms with E-state index in [1.54, 1.807) is 35.8 Å². The van der Waals surface area contributed by atoms with E-state index >= 15 is 0 Å². The Morgan fingerprint density at radius 1 is 1.32 bits per heavy atom. The molecule has 1 aromatic carbocycles. The van der Waals surface area contributed by atoms with Crippen LogP contribution in [0.2, 0.25) is 0 Å². The molecule has 6 heteroatoms. The molecule has 0 saturated carbocycles. The van der Waals surface area contributed by atoms with Gasteiger partial charge in [-0.3, -0.25) is 4.79 Å². The Bertz CT molecular complexity index is 566. The molecule has 1 amide bonds. The van der Waals surface area contributed by atoms with Gasteiger partial charge in [0.15, 0.2) is 9.84 Å². The van der Waals surface area contributed by atoms with Gasteiger partial charge in [0, 0.05) is 23.5 Å². The van der Waals surface area contributed by atoms with Crippen LogP contribution in [-0.2, 0) is 9.84 Å². The molecule has 1 unspecified atom stereocenters. The molecule has 0 aliphatic carbocycles. The van der Waals surface area contributed by atoms with Crippen LogP contribution in [0.4, 0.5) is 0 Å². The van der Waals surface area contributed by atoms with Gasteiger partial charge in [-0.05, 0) is 36.9 Å². The number of carbonyl (C=O) groups excluding carboxylic acids is 1. The van der Waals surface area contributed by atoms with Crippen LogP contribution in [0.25, 0.3) is 0 Å². The third kappa shape index (κ3) is 3.30. The molecule has 4 nitrogen and oxygen atoms in total. The van der Waals surface area contributed by atoms with Crippen molar-refractivity contribution in [3.63, 3.8) is 0 Å². The second-order valence-corrected chi connectivity index (χ2v) is 7.81. The molecule has 1 heterocycles.